The van der Waals surface area contributed by atoms with Crippen LogP contribution in [-0.2, 0) is 12.7 Å². The quantitative estimate of drug-likeness (QED) is 0.933. The molecule has 6 heteroatoms. The van der Waals surface area contributed by atoms with E-state index in [1.54, 1.807) is 19.2 Å². The molecule has 108 valence electrons. The molecular weight excluding hydrogens is 267 g/mol. The van der Waals surface area contributed by atoms with Crippen molar-refractivity contribution in [2.75, 3.05) is 6.54 Å². The van der Waals surface area contributed by atoms with Gasteiger partial charge in [0.25, 0.3) is 0 Å². The summed E-state index contributed by atoms with van der Waals surface area (Å²) in [5, 5.41) is 7.23. The standard InChI is InChI=1S/C14H16F3N3/c1-3-18-8-11-9-19-20(10(11)2)13-7-5-4-6-12(13)14(15,16)17/h4-7,9,18H,3,8H2,1-2H3. The molecular formula is C14H16F3N3. The van der Waals surface area contributed by atoms with Gasteiger partial charge in [-0.3, -0.25) is 0 Å². The summed E-state index contributed by atoms with van der Waals surface area (Å²) in [5.74, 6) is 0. The highest BCUT2D eigenvalue weighted by atomic mass is 19.4. The summed E-state index contributed by atoms with van der Waals surface area (Å²) in [5.41, 5.74) is 0.980. The summed E-state index contributed by atoms with van der Waals surface area (Å²) < 4.78 is 40.4. The van der Waals surface area contributed by atoms with Gasteiger partial charge in [0.2, 0.25) is 0 Å². The Morgan fingerprint density at radius 3 is 2.60 bits per heavy atom. The van der Waals surface area contributed by atoms with E-state index in [0.717, 1.165) is 18.2 Å². The maximum absolute atomic E-state index is 13.0. The van der Waals surface area contributed by atoms with E-state index in [9.17, 15) is 13.2 Å². The van der Waals surface area contributed by atoms with Gasteiger partial charge in [-0.2, -0.15) is 18.3 Å². The Bertz CT molecular complexity index is 588. The van der Waals surface area contributed by atoms with Crippen LogP contribution in [0.3, 0.4) is 0 Å². The van der Waals surface area contributed by atoms with Gasteiger partial charge in [-0.1, -0.05) is 19.1 Å². The first-order chi connectivity index (χ1) is 9.45. The zero-order valence-electron chi connectivity index (χ0n) is 11.3. The van der Waals surface area contributed by atoms with Crippen molar-refractivity contribution in [1.29, 1.82) is 0 Å². The largest absolute Gasteiger partial charge is 0.418 e. The van der Waals surface area contributed by atoms with Crippen LogP contribution in [0.25, 0.3) is 5.69 Å². The summed E-state index contributed by atoms with van der Waals surface area (Å²) in [4.78, 5) is 0. The third-order valence-electron chi connectivity index (χ3n) is 3.11. The molecule has 0 amide bonds. The van der Waals surface area contributed by atoms with Crippen molar-refractivity contribution in [1.82, 2.24) is 15.1 Å². The molecule has 0 atom stereocenters. The molecule has 1 aromatic heterocycles. The van der Waals surface area contributed by atoms with Crippen LogP contribution in [0.5, 0.6) is 0 Å². The minimum absolute atomic E-state index is 0.0558. The number of nitrogens with one attached hydrogen (secondary N) is 1. The maximum atomic E-state index is 13.0. The molecule has 2 rings (SSSR count). The van der Waals surface area contributed by atoms with E-state index in [1.165, 1.54) is 16.8 Å². The van der Waals surface area contributed by atoms with Gasteiger partial charge in [-0.25, -0.2) is 4.68 Å². The lowest BCUT2D eigenvalue weighted by molar-refractivity contribution is -0.137. The van der Waals surface area contributed by atoms with Crippen molar-refractivity contribution in [3.8, 4) is 5.69 Å². The highest BCUT2D eigenvalue weighted by Gasteiger charge is 2.34. The third-order valence-corrected chi connectivity index (χ3v) is 3.11. The Kier molecular flexibility index (Phi) is 4.13. The van der Waals surface area contributed by atoms with Gasteiger partial charge < -0.3 is 5.32 Å². The van der Waals surface area contributed by atoms with Crippen LogP contribution in [0.4, 0.5) is 13.2 Å². The van der Waals surface area contributed by atoms with Crippen LogP contribution in [0.1, 0.15) is 23.7 Å². The molecule has 3 nitrogen and oxygen atoms in total. The Labute approximate surface area is 115 Å². The first-order valence-corrected chi connectivity index (χ1v) is 6.36. The van der Waals surface area contributed by atoms with Crippen LogP contribution in [0.2, 0.25) is 0 Å². The Hall–Kier alpha value is -1.82. The van der Waals surface area contributed by atoms with Gasteiger partial charge >= 0.3 is 6.18 Å². The third kappa shape index (κ3) is 2.85. The summed E-state index contributed by atoms with van der Waals surface area (Å²) >= 11 is 0. The minimum Gasteiger partial charge on any atom is -0.313 e. The summed E-state index contributed by atoms with van der Waals surface area (Å²) in [6.45, 7) is 5.13. The fourth-order valence-electron chi connectivity index (χ4n) is 2.02. The lowest BCUT2D eigenvalue weighted by Crippen LogP contribution is -2.14. The van der Waals surface area contributed by atoms with Crippen LogP contribution in [0.15, 0.2) is 30.5 Å². The molecule has 0 aliphatic heterocycles. The number of hydrogen-bond donors (Lipinski definition) is 1. The summed E-state index contributed by atoms with van der Waals surface area (Å²) in [7, 11) is 0. The zero-order chi connectivity index (χ0) is 14.8. The van der Waals surface area contributed by atoms with Gasteiger partial charge in [0.05, 0.1) is 17.4 Å². The number of hydrogen-bond acceptors (Lipinski definition) is 2. The Morgan fingerprint density at radius 2 is 1.95 bits per heavy atom. The zero-order valence-corrected chi connectivity index (χ0v) is 11.3. The van der Waals surface area contributed by atoms with Crippen LogP contribution in [0, 0.1) is 6.92 Å². The lowest BCUT2D eigenvalue weighted by atomic mass is 10.1. The minimum atomic E-state index is -4.39. The number of para-hydroxylation sites is 1. The van der Waals surface area contributed by atoms with Crippen molar-refractivity contribution in [2.24, 2.45) is 0 Å². The smallest absolute Gasteiger partial charge is 0.313 e. The molecule has 1 aromatic carbocycles. The maximum Gasteiger partial charge on any atom is 0.418 e. The molecule has 2 aromatic rings. The van der Waals surface area contributed by atoms with Gasteiger partial charge in [0, 0.05) is 17.8 Å². The van der Waals surface area contributed by atoms with Gasteiger partial charge in [0.15, 0.2) is 0 Å². The number of benzene rings is 1. The average molecular weight is 283 g/mol. The summed E-state index contributed by atoms with van der Waals surface area (Å²) in [6.07, 6.45) is -2.79. The second kappa shape index (κ2) is 5.66. The predicted molar refractivity (Wildman–Crippen MR) is 70.7 cm³/mol. The van der Waals surface area contributed by atoms with Crippen LogP contribution < -0.4 is 5.32 Å². The van der Waals surface area contributed by atoms with Crippen molar-refractivity contribution >= 4 is 0 Å². The monoisotopic (exact) mass is 283 g/mol. The number of alkyl halides is 3. The Morgan fingerprint density at radius 1 is 1.25 bits per heavy atom. The van der Waals surface area contributed by atoms with Crippen LogP contribution in [-0.4, -0.2) is 16.3 Å². The van der Waals surface area contributed by atoms with E-state index in [1.807, 2.05) is 6.92 Å². The molecule has 0 radical (unpaired) electrons. The molecule has 0 aliphatic rings. The number of halogens is 3. The van der Waals surface area contributed by atoms with Gasteiger partial charge in [-0.05, 0) is 25.6 Å². The first kappa shape index (κ1) is 14.6. The highest BCUT2D eigenvalue weighted by molar-refractivity contribution is 5.44. The molecule has 0 saturated carbocycles. The molecule has 0 bridgehead atoms. The highest BCUT2D eigenvalue weighted by Crippen LogP contribution is 2.34. The molecule has 0 saturated heterocycles. The number of nitrogens with zero attached hydrogens (tertiary/aromatic N) is 2. The topological polar surface area (TPSA) is 29.9 Å². The van der Waals surface area contributed by atoms with E-state index >= 15 is 0 Å². The summed E-state index contributed by atoms with van der Waals surface area (Å²) in [6, 6.07) is 5.46. The molecule has 1 heterocycles. The predicted octanol–water partition coefficient (Wildman–Crippen LogP) is 3.31. The van der Waals surface area contributed by atoms with Crippen molar-refractivity contribution < 1.29 is 13.2 Å². The Balaban J connectivity index is 2.45. The van der Waals surface area contributed by atoms with E-state index in [4.69, 9.17) is 0 Å². The van der Waals surface area contributed by atoms with Gasteiger partial charge in [-0.15, -0.1) is 0 Å². The molecule has 0 fully saturated rings. The van der Waals surface area contributed by atoms with E-state index < -0.39 is 11.7 Å². The van der Waals surface area contributed by atoms with Crippen molar-refractivity contribution in [3.63, 3.8) is 0 Å². The van der Waals surface area contributed by atoms with Crippen molar-refractivity contribution in [2.45, 2.75) is 26.6 Å². The lowest BCUT2D eigenvalue weighted by Gasteiger charge is -2.14. The number of aromatic nitrogens is 2. The normalized spacial score (nSPS) is 11.8. The van der Waals surface area contributed by atoms with Gasteiger partial charge in [0.1, 0.15) is 0 Å². The average Bonchev–Trinajstić information content (AvgIpc) is 2.76. The SMILES string of the molecule is CCNCc1cnn(-c2ccccc2C(F)(F)F)c1C. The molecule has 20 heavy (non-hydrogen) atoms. The van der Waals surface area contributed by atoms with E-state index in [2.05, 4.69) is 10.4 Å². The fraction of sp³-hybridized carbons (Fsp3) is 0.357. The van der Waals surface area contributed by atoms with Crippen LogP contribution >= 0.6 is 0 Å². The fourth-order valence-corrected chi connectivity index (χ4v) is 2.02. The second-order valence-corrected chi connectivity index (χ2v) is 4.46. The second-order valence-electron chi connectivity index (χ2n) is 4.46. The first-order valence-electron chi connectivity index (χ1n) is 6.36. The molecule has 0 unspecified atom stereocenters. The van der Waals surface area contributed by atoms with Crippen molar-refractivity contribution in [3.05, 3.63) is 47.3 Å². The van der Waals surface area contributed by atoms with E-state index in [-0.39, 0.29) is 5.69 Å². The molecule has 1 N–H and O–H groups in total. The molecule has 0 aliphatic carbocycles. The van der Waals surface area contributed by atoms with E-state index in [0.29, 0.717) is 12.2 Å². The molecule has 0 spiro atoms. The number of rotatable bonds is 4.